The van der Waals surface area contributed by atoms with Gasteiger partial charge in [-0.05, 0) is 52.8 Å². The van der Waals surface area contributed by atoms with Gasteiger partial charge in [0.15, 0.2) is 11.6 Å². The molecule has 9 nitrogen and oxygen atoms in total. The second kappa shape index (κ2) is 9.89. The Morgan fingerprint density at radius 1 is 1.08 bits per heavy atom. The predicted molar refractivity (Wildman–Crippen MR) is 137 cm³/mol. The van der Waals surface area contributed by atoms with Crippen LogP contribution in [0.5, 0.6) is 0 Å². The van der Waals surface area contributed by atoms with Crippen molar-refractivity contribution in [2.24, 2.45) is 10.3 Å². The SMILES string of the molecule is CC(C)S(=O)(=O)Nc1ccc(F)c(N2CC(c3cncc(N4CCN(C(C)(C)C)CC4)c3)N=N2)c1F. The molecule has 0 bridgehead atoms. The third kappa shape index (κ3) is 5.44. The maximum atomic E-state index is 15.2. The average Bonchev–Trinajstić information content (AvgIpc) is 3.30. The molecule has 2 aromatic rings. The van der Waals surface area contributed by atoms with Crippen molar-refractivity contribution in [1.82, 2.24) is 9.88 Å². The van der Waals surface area contributed by atoms with E-state index in [1.165, 1.54) is 13.8 Å². The Morgan fingerprint density at radius 3 is 2.42 bits per heavy atom. The number of nitrogens with zero attached hydrogens (tertiary/aromatic N) is 6. The highest BCUT2D eigenvalue weighted by Gasteiger charge is 2.30. The van der Waals surface area contributed by atoms with Crippen molar-refractivity contribution in [3.63, 3.8) is 0 Å². The summed E-state index contributed by atoms with van der Waals surface area (Å²) in [5.41, 5.74) is 1.09. The lowest BCUT2D eigenvalue weighted by Gasteiger charge is -2.43. The molecule has 1 aromatic heterocycles. The van der Waals surface area contributed by atoms with E-state index in [4.69, 9.17) is 0 Å². The van der Waals surface area contributed by atoms with Gasteiger partial charge in [-0.15, -0.1) is 0 Å². The van der Waals surface area contributed by atoms with Crippen LogP contribution < -0.4 is 14.6 Å². The molecular weight excluding hydrogens is 488 g/mol. The first kappa shape index (κ1) is 26.2. The smallest absolute Gasteiger partial charge is 0.235 e. The van der Waals surface area contributed by atoms with Gasteiger partial charge in [-0.1, -0.05) is 5.22 Å². The van der Waals surface area contributed by atoms with Crippen molar-refractivity contribution in [1.29, 1.82) is 0 Å². The van der Waals surface area contributed by atoms with E-state index >= 15 is 4.39 Å². The van der Waals surface area contributed by atoms with Crippen LogP contribution in [0.15, 0.2) is 40.9 Å². The highest BCUT2D eigenvalue weighted by Crippen LogP contribution is 2.36. The zero-order chi connectivity index (χ0) is 26.3. The fourth-order valence-corrected chi connectivity index (χ4v) is 4.93. The van der Waals surface area contributed by atoms with Crippen molar-refractivity contribution in [3.8, 4) is 0 Å². The summed E-state index contributed by atoms with van der Waals surface area (Å²) in [5, 5.41) is 8.55. The molecule has 0 amide bonds. The summed E-state index contributed by atoms with van der Waals surface area (Å²) in [4.78, 5) is 9.09. The molecule has 0 radical (unpaired) electrons. The van der Waals surface area contributed by atoms with Crippen LogP contribution in [0.4, 0.5) is 25.8 Å². The normalized spacial score (nSPS) is 19.4. The van der Waals surface area contributed by atoms with Crippen LogP contribution >= 0.6 is 0 Å². The minimum absolute atomic E-state index is 0.0944. The molecule has 1 saturated heterocycles. The lowest BCUT2D eigenvalue weighted by atomic mass is 10.0. The summed E-state index contributed by atoms with van der Waals surface area (Å²) >= 11 is 0. The van der Waals surface area contributed by atoms with Crippen LogP contribution in [0.2, 0.25) is 0 Å². The van der Waals surface area contributed by atoms with Gasteiger partial charge in [0, 0.05) is 43.5 Å². The highest BCUT2D eigenvalue weighted by molar-refractivity contribution is 7.93. The predicted octanol–water partition coefficient (Wildman–Crippen LogP) is 4.36. The number of piperazine rings is 1. The van der Waals surface area contributed by atoms with Gasteiger partial charge in [0.2, 0.25) is 10.0 Å². The summed E-state index contributed by atoms with van der Waals surface area (Å²) in [5.74, 6) is -1.90. The molecule has 1 unspecified atom stereocenters. The first-order valence-corrected chi connectivity index (χ1v) is 13.5. The third-order valence-corrected chi connectivity index (χ3v) is 8.31. The Balaban J connectivity index is 1.49. The summed E-state index contributed by atoms with van der Waals surface area (Å²) < 4.78 is 56.4. The monoisotopic (exact) mass is 521 g/mol. The summed E-state index contributed by atoms with van der Waals surface area (Å²) in [6.07, 6.45) is 3.49. The number of rotatable bonds is 6. The Bertz CT molecular complexity index is 1240. The second-order valence-electron chi connectivity index (χ2n) is 10.4. The molecule has 0 spiro atoms. The van der Waals surface area contributed by atoms with Crippen molar-refractivity contribution >= 4 is 27.1 Å². The molecule has 2 aliphatic heterocycles. The number of anilines is 3. The Morgan fingerprint density at radius 2 is 1.78 bits per heavy atom. The lowest BCUT2D eigenvalue weighted by Crippen LogP contribution is -2.53. The standard InChI is InChI=1S/C24H33F2N7O2S/c1-16(2)36(34,35)29-20-7-6-19(25)23(22(20)26)33-15-21(28-30-33)17-12-18(14-27-13-17)31-8-10-32(11-9-31)24(3,4)5/h6-7,12-14,16,21,29H,8-11,15H2,1-5H3. The van der Waals surface area contributed by atoms with Gasteiger partial charge in [0.05, 0.1) is 29.4 Å². The molecule has 0 aliphatic carbocycles. The van der Waals surface area contributed by atoms with E-state index in [1.54, 1.807) is 6.20 Å². The van der Waals surface area contributed by atoms with Gasteiger partial charge in [-0.25, -0.2) is 22.2 Å². The number of sulfonamides is 1. The molecule has 36 heavy (non-hydrogen) atoms. The summed E-state index contributed by atoms with van der Waals surface area (Å²) in [6, 6.07) is 3.60. The number of aromatic nitrogens is 1. The van der Waals surface area contributed by atoms with Gasteiger partial charge < -0.3 is 4.90 Å². The van der Waals surface area contributed by atoms with Gasteiger partial charge in [0.1, 0.15) is 11.7 Å². The Labute approximate surface area is 211 Å². The van der Waals surface area contributed by atoms with Crippen LogP contribution in [0.3, 0.4) is 0 Å². The van der Waals surface area contributed by atoms with Crippen molar-refractivity contribution in [2.45, 2.75) is 51.4 Å². The largest absolute Gasteiger partial charge is 0.368 e. The van der Waals surface area contributed by atoms with Crippen LogP contribution in [0.25, 0.3) is 0 Å². The van der Waals surface area contributed by atoms with E-state index in [9.17, 15) is 12.8 Å². The van der Waals surface area contributed by atoms with E-state index in [1.807, 2.05) is 12.3 Å². The maximum absolute atomic E-state index is 15.2. The number of nitrogens with one attached hydrogen (secondary N) is 1. The van der Waals surface area contributed by atoms with Crippen molar-refractivity contribution < 1.29 is 17.2 Å². The first-order valence-electron chi connectivity index (χ1n) is 12.0. The molecule has 196 valence electrons. The summed E-state index contributed by atoms with van der Waals surface area (Å²) in [6.45, 7) is 13.3. The third-order valence-electron chi connectivity index (χ3n) is 6.57. The first-order chi connectivity index (χ1) is 16.9. The second-order valence-corrected chi connectivity index (χ2v) is 12.6. The van der Waals surface area contributed by atoms with E-state index in [2.05, 4.69) is 50.6 Å². The van der Waals surface area contributed by atoms with E-state index in [0.717, 1.165) is 54.6 Å². The molecule has 0 saturated carbocycles. The fourth-order valence-electron chi connectivity index (χ4n) is 4.23. The van der Waals surface area contributed by atoms with Crippen LogP contribution in [-0.2, 0) is 10.0 Å². The van der Waals surface area contributed by atoms with E-state index in [-0.39, 0.29) is 17.8 Å². The lowest BCUT2D eigenvalue weighted by molar-refractivity contribution is 0.128. The van der Waals surface area contributed by atoms with Crippen LogP contribution in [0.1, 0.15) is 46.2 Å². The number of halogens is 2. The topological polar surface area (TPSA) is 93.5 Å². The number of benzene rings is 1. The van der Waals surface area contributed by atoms with Crippen molar-refractivity contribution in [2.75, 3.05) is 47.4 Å². The van der Waals surface area contributed by atoms with E-state index in [0.29, 0.717) is 0 Å². The van der Waals surface area contributed by atoms with Crippen molar-refractivity contribution in [3.05, 3.63) is 47.8 Å². The van der Waals surface area contributed by atoms with Crippen LogP contribution in [-0.4, -0.2) is 61.8 Å². The van der Waals surface area contributed by atoms with E-state index < -0.39 is 38.6 Å². The fraction of sp³-hybridized carbons (Fsp3) is 0.542. The molecule has 1 N–H and O–H groups in total. The number of hydrogen-bond donors (Lipinski definition) is 1. The van der Waals surface area contributed by atoms with Gasteiger partial charge in [-0.2, -0.15) is 5.11 Å². The molecule has 2 aliphatic rings. The zero-order valence-corrected chi connectivity index (χ0v) is 22.1. The minimum atomic E-state index is -3.81. The van der Waals surface area contributed by atoms with Gasteiger partial charge in [-0.3, -0.25) is 14.6 Å². The Kier molecular flexibility index (Phi) is 7.20. The quantitative estimate of drug-likeness (QED) is 0.607. The minimum Gasteiger partial charge on any atom is -0.368 e. The molecular formula is C24H33F2N7O2S. The summed E-state index contributed by atoms with van der Waals surface area (Å²) in [7, 11) is -3.81. The number of pyridine rings is 1. The molecule has 1 aromatic carbocycles. The molecule has 12 heteroatoms. The zero-order valence-electron chi connectivity index (χ0n) is 21.2. The number of hydrogen-bond acceptors (Lipinski definition) is 8. The Hall–Kier alpha value is -2.86. The molecule has 1 fully saturated rings. The highest BCUT2D eigenvalue weighted by atomic mass is 32.2. The van der Waals surface area contributed by atoms with Crippen LogP contribution in [0, 0.1) is 11.6 Å². The molecule has 1 atom stereocenters. The maximum Gasteiger partial charge on any atom is 0.235 e. The average molecular weight is 522 g/mol. The molecule has 4 rings (SSSR count). The molecule has 3 heterocycles. The van der Waals surface area contributed by atoms with Gasteiger partial charge in [0.25, 0.3) is 0 Å². The van der Waals surface area contributed by atoms with Gasteiger partial charge >= 0.3 is 0 Å².